The fourth-order valence-corrected chi connectivity index (χ4v) is 3.44. The van der Waals surface area contributed by atoms with Crippen molar-refractivity contribution in [3.05, 3.63) is 65.7 Å². The van der Waals surface area contributed by atoms with Gasteiger partial charge >= 0.3 is 0 Å². The number of ether oxygens (including phenoxy) is 1. The van der Waals surface area contributed by atoms with Gasteiger partial charge in [0, 0.05) is 32.1 Å². The van der Waals surface area contributed by atoms with Crippen molar-refractivity contribution >= 4 is 29.9 Å². The molecule has 2 aromatic carbocycles. The fraction of sp³-hybridized carbons (Fsp3) is 0.458. The molecule has 0 bridgehead atoms. The Morgan fingerprint density at radius 2 is 1.73 bits per heavy atom. The molecule has 1 aliphatic carbocycles. The molecule has 6 heteroatoms. The summed E-state index contributed by atoms with van der Waals surface area (Å²) < 4.78 is 5.80. The summed E-state index contributed by atoms with van der Waals surface area (Å²) in [6.45, 7) is 3.44. The third-order valence-electron chi connectivity index (χ3n) is 5.46. The van der Waals surface area contributed by atoms with Gasteiger partial charge in [0.05, 0.1) is 6.61 Å². The van der Waals surface area contributed by atoms with Crippen LogP contribution in [0.3, 0.4) is 0 Å². The lowest BCUT2D eigenvalue weighted by Gasteiger charge is -2.19. The average molecular weight is 522 g/mol. The molecule has 0 aromatic heterocycles. The molecule has 0 spiro atoms. The molecule has 0 amide bonds. The van der Waals surface area contributed by atoms with E-state index >= 15 is 0 Å². The first-order chi connectivity index (χ1) is 14.1. The molecule has 0 radical (unpaired) electrons. The second-order valence-corrected chi connectivity index (χ2v) is 8.07. The van der Waals surface area contributed by atoms with Crippen molar-refractivity contribution in [1.82, 2.24) is 15.5 Å². The van der Waals surface area contributed by atoms with Crippen LogP contribution in [-0.2, 0) is 12.0 Å². The molecule has 3 rings (SSSR count). The second kappa shape index (κ2) is 12.2. The van der Waals surface area contributed by atoms with E-state index in [2.05, 4.69) is 77.1 Å². The van der Waals surface area contributed by atoms with Crippen LogP contribution < -0.4 is 15.4 Å². The molecule has 1 saturated carbocycles. The highest BCUT2D eigenvalue weighted by Crippen LogP contribution is 2.47. The van der Waals surface area contributed by atoms with Crippen LogP contribution in [0.4, 0.5) is 0 Å². The van der Waals surface area contributed by atoms with Crippen LogP contribution in [0.5, 0.6) is 5.75 Å². The van der Waals surface area contributed by atoms with Crippen LogP contribution in [0.1, 0.15) is 30.4 Å². The van der Waals surface area contributed by atoms with Gasteiger partial charge in [-0.2, -0.15) is 0 Å². The topological polar surface area (TPSA) is 48.9 Å². The average Bonchev–Trinajstić information content (AvgIpc) is 3.54. The summed E-state index contributed by atoms with van der Waals surface area (Å²) in [6.07, 6.45) is 3.50. The van der Waals surface area contributed by atoms with Gasteiger partial charge < -0.3 is 20.3 Å². The lowest BCUT2D eigenvalue weighted by molar-refractivity contribution is 0.281. The fourth-order valence-electron chi connectivity index (χ4n) is 3.44. The van der Waals surface area contributed by atoms with Crippen molar-refractivity contribution < 1.29 is 4.74 Å². The summed E-state index contributed by atoms with van der Waals surface area (Å²) in [7, 11) is 5.98. The van der Waals surface area contributed by atoms with Gasteiger partial charge in [-0.3, -0.25) is 4.99 Å². The van der Waals surface area contributed by atoms with Gasteiger partial charge in [0.2, 0.25) is 0 Å². The standard InChI is InChI=1S/C24H34N4O.HI/c1-25-23(27-19-24(14-15-24)21-8-5-4-6-9-21)26-18-20-10-12-22(13-11-20)29-17-7-16-28(2)3;/h4-6,8-13H,7,14-19H2,1-3H3,(H2,25,26,27);1H. The van der Waals surface area contributed by atoms with Gasteiger partial charge in [-0.05, 0) is 56.6 Å². The molecular weight excluding hydrogens is 487 g/mol. The Kier molecular flexibility index (Phi) is 9.91. The molecule has 0 saturated heterocycles. The van der Waals surface area contributed by atoms with Crippen LogP contribution in [0, 0.1) is 0 Å². The third kappa shape index (κ3) is 7.47. The first kappa shape index (κ1) is 24.5. The van der Waals surface area contributed by atoms with E-state index in [1.807, 2.05) is 19.2 Å². The number of halogens is 1. The van der Waals surface area contributed by atoms with E-state index < -0.39 is 0 Å². The maximum absolute atomic E-state index is 5.80. The van der Waals surface area contributed by atoms with Gasteiger partial charge in [-0.1, -0.05) is 42.5 Å². The highest BCUT2D eigenvalue weighted by molar-refractivity contribution is 14.0. The zero-order chi connectivity index (χ0) is 20.5. The van der Waals surface area contributed by atoms with Crippen molar-refractivity contribution in [2.24, 2.45) is 4.99 Å². The van der Waals surface area contributed by atoms with Crippen LogP contribution >= 0.6 is 24.0 Å². The normalized spacial score (nSPS) is 14.7. The summed E-state index contributed by atoms with van der Waals surface area (Å²) in [5, 5.41) is 6.92. The van der Waals surface area contributed by atoms with E-state index in [-0.39, 0.29) is 29.4 Å². The molecule has 0 aliphatic heterocycles. The van der Waals surface area contributed by atoms with Crippen molar-refractivity contribution in [3.63, 3.8) is 0 Å². The van der Waals surface area contributed by atoms with Gasteiger partial charge in [0.25, 0.3) is 0 Å². The van der Waals surface area contributed by atoms with Gasteiger partial charge in [0.15, 0.2) is 5.96 Å². The zero-order valence-electron chi connectivity index (χ0n) is 18.4. The number of rotatable bonds is 10. The molecule has 2 aromatic rings. The highest BCUT2D eigenvalue weighted by atomic mass is 127. The minimum absolute atomic E-state index is 0. The molecule has 1 fully saturated rings. The second-order valence-electron chi connectivity index (χ2n) is 8.07. The van der Waals surface area contributed by atoms with E-state index in [0.29, 0.717) is 0 Å². The van der Waals surface area contributed by atoms with Gasteiger partial charge in [0.1, 0.15) is 5.75 Å². The lowest BCUT2D eigenvalue weighted by Crippen LogP contribution is -2.40. The largest absolute Gasteiger partial charge is 0.494 e. The van der Waals surface area contributed by atoms with Crippen molar-refractivity contribution in [1.29, 1.82) is 0 Å². The number of hydrogen-bond acceptors (Lipinski definition) is 3. The molecule has 0 unspecified atom stereocenters. The molecule has 5 nitrogen and oxygen atoms in total. The quantitative estimate of drug-likeness (QED) is 0.214. The van der Waals surface area contributed by atoms with Gasteiger partial charge in [-0.25, -0.2) is 0 Å². The lowest BCUT2D eigenvalue weighted by atomic mass is 9.96. The number of nitrogens with zero attached hydrogens (tertiary/aromatic N) is 2. The Bertz CT molecular complexity index is 774. The SMILES string of the molecule is CN=C(NCc1ccc(OCCCN(C)C)cc1)NCC1(c2ccccc2)CC1.I. The molecular formula is C24H35IN4O. The highest BCUT2D eigenvalue weighted by Gasteiger charge is 2.43. The summed E-state index contributed by atoms with van der Waals surface area (Å²) in [5.41, 5.74) is 2.90. The minimum Gasteiger partial charge on any atom is -0.494 e. The van der Waals surface area contributed by atoms with Crippen molar-refractivity contribution in [2.75, 3.05) is 40.8 Å². The number of benzene rings is 2. The summed E-state index contributed by atoms with van der Waals surface area (Å²) >= 11 is 0. The van der Waals surface area contributed by atoms with E-state index in [0.717, 1.165) is 44.4 Å². The Balaban J connectivity index is 0.00000320. The first-order valence-electron chi connectivity index (χ1n) is 10.5. The van der Waals surface area contributed by atoms with E-state index in [4.69, 9.17) is 4.74 Å². The van der Waals surface area contributed by atoms with Crippen LogP contribution in [-0.4, -0.2) is 51.7 Å². The maximum atomic E-state index is 5.80. The summed E-state index contributed by atoms with van der Waals surface area (Å²) in [6, 6.07) is 19.1. The van der Waals surface area contributed by atoms with Crippen molar-refractivity contribution in [2.45, 2.75) is 31.2 Å². The third-order valence-corrected chi connectivity index (χ3v) is 5.46. The summed E-state index contributed by atoms with van der Waals surface area (Å²) in [5.74, 6) is 1.77. The minimum atomic E-state index is 0. The summed E-state index contributed by atoms with van der Waals surface area (Å²) in [4.78, 5) is 6.55. The van der Waals surface area contributed by atoms with Gasteiger partial charge in [-0.15, -0.1) is 24.0 Å². The Hall–Kier alpha value is -1.80. The molecule has 0 heterocycles. The molecule has 0 atom stereocenters. The smallest absolute Gasteiger partial charge is 0.191 e. The molecule has 30 heavy (non-hydrogen) atoms. The molecule has 164 valence electrons. The van der Waals surface area contributed by atoms with E-state index in [1.165, 1.54) is 24.0 Å². The first-order valence-corrected chi connectivity index (χ1v) is 10.5. The van der Waals surface area contributed by atoms with Crippen LogP contribution in [0.15, 0.2) is 59.6 Å². The van der Waals surface area contributed by atoms with E-state index in [1.54, 1.807) is 0 Å². The molecule has 2 N–H and O–H groups in total. The molecule has 1 aliphatic rings. The maximum Gasteiger partial charge on any atom is 0.191 e. The zero-order valence-corrected chi connectivity index (χ0v) is 20.7. The Morgan fingerprint density at radius 3 is 2.33 bits per heavy atom. The van der Waals surface area contributed by atoms with E-state index in [9.17, 15) is 0 Å². The number of guanidine groups is 1. The predicted molar refractivity (Wildman–Crippen MR) is 136 cm³/mol. The van der Waals surface area contributed by atoms with Crippen LogP contribution in [0.25, 0.3) is 0 Å². The Morgan fingerprint density at radius 1 is 1.03 bits per heavy atom. The van der Waals surface area contributed by atoms with Crippen molar-refractivity contribution in [3.8, 4) is 5.75 Å². The predicted octanol–water partition coefficient (Wildman–Crippen LogP) is 4.03. The monoisotopic (exact) mass is 522 g/mol. The number of hydrogen-bond donors (Lipinski definition) is 2. The Labute approximate surface area is 198 Å². The number of aliphatic imine (C=N–C) groups is 1. The number of nitrogens with one attached hydrogen (secondary N) is 2. The van der Waals surface area contributed by atoms with Crippen LogP contribution in [0.2, 0.25) is 0 Å².